The monoisotopic (exact) mass is 473 g/mol. The zero-order valence-corrected chi connectivity index (χ0v) is 19.5. The summed E-state index contributed by atoms with van der Waals surface area (Å²) in [5, 5.41) is 13.1. The van der Waals surface area contributed by atoms with Crippen molar-refractivity contribution >= 4 is 17.3 Å². The third kappa shape index (κ3) is 6.38. The van der Waals surface area contributed by atoms with Crippen molar-refractivity contribution in [2.24, 2.45) is 0 Å². The molecule has 7 nitrogen and oxygen atoms in total. The number of rotatable bonds is 11. The minimum Gasteiger partial charge on any atom is -0.351 e. The Labute approximate surface area is 204 Å². The minimum atomic E-state index is -1.18. The highest BCUT2D eigenvalue weighted by Crippen LogP contribution is 2.38. The molecule has 0 bridgehead atoms. The molecule has 4 aromatic rings. The van der Waals surface area contributed by atoms with Gasteiger partial charge in [-0.05, 0) is 66.1 Å². The van der Waals surface area contributed by atoms with Gasteiger partial charge in [0.25, 0.3) is 0 Å². The number of aliphatic hydroxyl groups excluding tert-OH is 1. The largest absolute Gasteiger partial charge is 0.351 e. The average Bonchev–Trinajstić information content (AvgIpc) is 2.89. The number of ether oxygens (including phenoxy) is 1. The Bertz CT molecular complexity index is 1140. The van der Waals surface area contributed by atoms with Crippen molar-refractivity contribution in [2.45, 2.75) is 32.2 Å². The quantitative estimate of drug-likeness (QED) is 0.222. The van der Waals surface area contributed by atoms with E-state index in [-0.39, 0.29) is 11.9 Å². The molecule has 8 heteroatoms. The highest BCUT2D eigenvalue weighted by Gasteiger charge is 2.26. The van der Waals surface area contributed by atoms with Gasteiger partial charge in [-0.3, -0.25) is 9.97 Å². The van der Waals surface area contributed by atoms with Gasteiger partial charge in [0.1, 0.15) is 17.5 Å². The molecule has 3 heterocycles. The van der Waals surface area contributed by atoms with E-state index in [4.69, 9.17) is 9.72 Å². The topological polar surface area (TPSA) is 83.4 Å². The van der Waals surface area contributed by atoms with Crippen molar-refractivity contribution in [1.29, 1.82) is 0 Å². The second kappa shape index (κ2) is 12.0. The molecule has 0 radical (unpaired) electrons. The van der Waals surface area contributed by atoms with E-state index < -0.39 is 6.41 Å². The lowest BCUT2D eigenvalue weighted by Crippen LogP contribution is -2.27. The molecule has 1 aromatic carbocycles. The van der Waals surface area contributed by atoms with Crippen LogP contribution in [0.4, 0.5) is 21.7 Å². The summed E-state index contributed by atoms with van der Waals surface area (Å²) in [6.45, 7) is 2.50. The average molecular weight is 474 g/mol. The second-order valence-corrected chi connectivity index (χ2v) is 7.92. The highest BCUT2D eigenvalue weighted by atomic mass is 19.1. The number of benzene rings is 1. The number of hydrogen-bond donors (Lipinski definition) is 2. The predicted molar refractivity (Wildman–Crippen MR) is 134 cm³/mol. The van der Waals surface area contributed by atoms with Gasteiger partial charge in [-0.1, -0.05) is 31.5 Å². The van der Waals surface area contributed by atoms with Crippen LogP contribution < -0.4 is 10.2 Å². The third-order valence-electron chi connectivity index (χ3n) is 5.39. The Morgan fingerprint density at radius 3 is 2.23 bits per heavy atom. The van der Waals surface area contributed by atoms with Crippen LogP contribution in [0.15, 0.2) is 91.5 Å². The zero-order chi connectivity index (χ0) is 24.5. The Hall–Kier alpha value is -3.88. The van der Waals surface area contributed by atoms with E-state index >= 15 is 0 Å². The van der Waals surface area contributed by atoms with E-state index in [9.17, 15) is 9.50 Å². The number of unbranched alkanes of at least 4 members (excludes halogenated alkanes) is 1. The Morgan fingerprint density at radius 1 is 0.943 bits per heavy atom. The van der Waals surface area contributed by atoms with Crippen molar-refractivity contribution in [3.63, 3.8) is 0 Å². The molecule has 0 spiro atoms. The fourth-order valence-corrected chi connectivity index (χ4v) is 3.73. The summed E-state index contributed by atoms with van der Waals surface area (Å²) in [5.74, 6) is 0.693. The van der Waals surface area contributed by atoms with E-state index in [0.717, 1.165) is 29.7 Å². The fraction of sp³-hybridized carbons (Fsp3) is 0.222. The molecule has 35 heavy (non-hydrogen) atoms. The molecule has 1 atom stereocenters. The number of nitrogens with zero attached hydrogens (tertiary/aromatic N) is 4. The Morgan fingerprint density at radius 2 is 1.63 bits per heavy atom. The maximum Gasteiger partial charge on any atom is 0.236 e. The van der Waals surface area contributed by atoms with Crippen LogP contribution in [0.25, 0.3) is 0 Å². The van der Waals surface area contributed by atoms with Gasteiger partial charge in [0.15, 0.2) is 0 Å². The second-order valence-electron chi connectivity index (χ2n) is 7.92. The van der Waals surface area contributed by atoms with Crippen LogP contribution in [0, 0.1) is 5.82 Å². The molecular weight excluding hydrogens is 445 g/mol. The first-order chi connectivity index (χ1) is 17.2. The van der Waals surface area contributed by atoms with Crippen LogP contribution in [0.2, 0.25) is 0 Å². The first-order valence-corrected chi connectivity index (χ1v) is 11.5. The highest BCUT2D eigenvalue weighted by molar-refractivity contribution is 5.65. The van der Waals surface area contributed by atoms with Crippen molar-refractivity contribution in [2.75, 3.05) is 16.8 Å². The molecule has 0 fully saturated rings. The van der Waals surface area contributed by atoms with Crippen LogP contribution in [0.3, 0.4) is 0 Å². The number of hydrogen-bond acceptors (Lipinski definition) is 7. The summed E-state index contributed by atoms with van der Waals surface area (Å²) in [7, 11) is 0. The van der Waals surface area contributed by atoms with E-state index in [1.54, 1.807) is 43.0 Å². The molecule has 0 aliphatic rings. The van der Waals surface area contributed by atoms with Gasteiger partial charge < -0.3 is 20.1 Å². The molecule has 0 saturated heterocycles. The normalized spacial score (nSPS) is 11.9. The summed E-state index contributed by atoms with van der Waals surface area (Å²) in [6, 6.07) is 19.1. The summed E-state index contributed by atoms with van der Waals surface area (Å²) in [4.78, 5) is 15.4. The smallest absolute Gasteiger partial charge is 0.236 e. The van der Waals surface area contributed by atoms with Crippen LogP contribution in [-0.2, 0) is 4.74 Å². The van der Waals surface area contributed by atoms with Crippen LogP contribution in [0.5, 0.6) is 0 Å². The molecule has 1 unspecified atom stereocenters. The summed E-state index contributed by atoms with van der Waals surface area (Å²) in [5.41, 5.74) is 2.55. The number of halogens is 1. The summed E-state index contributed by atoms with van der Waals surface area (Å²) in [6.07, 6.45) is 7.66. The molecule has 0 amide bonds. The standard InChI is InChI=1S/C27H28FN5O2/c1-2-3-17-35-27(34)32-24-9-4-10-25(31-24)33(23-13-11-22(28)12-14-23)26(20-7-5-15-29-18-20)21-8-6-16-30-19-21/h4-16,18-19,26-27,34H,2-3,17H2,1H3,(H,31,32). The fourth-order valence-electron chi connectivity index (χ4n) is 3.73. The van der Waals surface area contributed by atoms with Gasteiger partial charge in [0, 0.05) is 30.5 Å². The van der Waals surface area contributed by atoms with Gasteiger partial charge in [0.05, 0.1) is 12.6 Å². The van der Waals surface area contributed by atoms with Gasteiger partial charge in [0.2, 0.25) is 6.41 Å². The lowest BCUT2D eigenvalue weighted by atomic mass is 9.99. The number of pyridine rings is 3. The van der Waals surface area contributed by atoms with Crippen LogP contribution in [-0.4, -0.2) is 33.1 Å². The Balaban J connectivity index is 1.77. The van der Waals surface area contributed by atoms with Crippen molar-refractivity contribution in [1.82, 2.24) is 15.0 Å². The molecule has 0 aliphatic carbocycles. The van der Waals surface area contributed by atoms with Crippen LogP contribution >= 0.6 is 0 Å². The van der Waals surface area contributed by atoms with E-state index in [0.29, 0.717) is 18.2 Å². The van der Waals surface area contributed by atoms with E-state index in [2.05, 4.69) is 22.2 Å². The number of aromatic nitrogens is 3. The van der Waals surface area contributed by atoms with E-state index in [1.807, 2.05) is 41.3 Å². The molecule has 2 N–H and O–H groups in total. The van der Waals surface area contributed by atoms with Crippen molar-refractivity contribution < 1.29 is 14.2 Å². The zero-order valence-electron chi connectivity index (χ0n) is 19.5. The minimum absolute atomic E-state index is 0.330. The summed E-state index contributed by atoms with van der Waals surface area (Å²) < 4.78 is 19.2. The molecule has 180 valence electrons. The van der Waals surface area contributed by atoms with Gasteiger partial charge >= 0.3 is 0 Å². The first kappa shape index (κ1) is 24.3. The molecule has 4 rings (SSSR count). The van der Waals surface area contributed by atoms with Crippen LogP contribution in [0.1, 0.15) is 36.9 Å². The lowest BCUT2D eigenvalue weighted by Gasteiger charge is -2.33. The maximum absolute atomic E-state index is 13.8. The Kier molecular flexibility index (Phi) is 8.32. The SMILES string of the molecule is CCCCOC(O)Nc1cccc(N(c2ccc(F)cc2)C(c2cccnc2)c2cccnc2)n1. The molecule has 0 aliphatic heterocycles. The lowest BCUT2D eigenvalue weighted by molar-refractivity contribution is -0.0790. The molecule has 3 aromatic heterocycles. The van der Waals surface area contributed by atoms with Crippen molar-refractivity contribution in [3.8, 4) is 0 Å². The third-order valence-corrected chi connectivity index (χ3v) is 5.39. The number of aliphatic hydroxyl groups is 1. The predicted octanol–water partition coefficient (Wildman–Crippen LogP) is 5.44. The van der Waals surface area contributed by atoms with Gasteiger partial charge in [-0.25, -0.2) is 9.37 Å². The van der Waals surface area contributed by atoms with Crippen molar-refractivity contribution in [3.05, 3.63) is 108 Å². The molecular formula is C27H28FN5O2. The maximum atomic E-state index is 13.8. The van der Waals surface area contributed by atoms with Gasteiger partial charge in [-0.15, -0.1) is 0 Å². The molecule has 0 saturated carbocycles. The van der Waals surface area contributed by atoms with E-state index in [1.165, 1.54) is 12.1 Å². The summed E-state index contributed by atoms with van der Waals surface area (Å²) >= 11 is 0. The number of nitrogens with one attached hydrogen (secondary N) is 1. The first-order valence-electron chi connectivity index (χ1n) is 11.5. The number of anilines is 3. The van der Waals surface area contributed by atoms with Gasteiger partial charge in [-0.2, -0.15) is 0 Å².